The van der Waals surface area contributed by atoms with Gasteiger partial charge in [-0.05, 0) is 120 Å². The van der Waals surface area contributed by atoms with Crippen molar-refractivity contribution in [1.82, 2.24) is 0 Å². The zero-order valence-electron chi connectivity index (χ0n) is 34.2. The summed E-state index contributed by atoms with van der Waals surface area (Å²) in [6.45, 7) is 9.39. The van der Waals surface area contributed by atoms with Gasteiger partial charge in [-0.1, -0.05) is 162 Å². The van der Waals surface area contributed by atoms with E-state index >= 15 is 0 Å². The number of hydrogen-bond acceptors (Lipinski definition) is 2. The Balaban J connectivity index is 1.22. The maximum Gasteiger partial charge on any atom is 0.0543 e. The first kappa shape index (κ1) is 38.0. The van der Waals surface area contributed by atoms with Crippen LogP contribution in [0.2, 0.25) is 0 Å². The van der Waals surface area contributed by atoms with Crippen LogP contribution in [0.15, 0.2) is 182 Å². The summed E-state index contributed by atoms with van der Waals surface area (Å²) >= 11 is 0. The van der Waals surface area contributed by atoms with Crippen LogP contribution >= 0.6 is 0 Å². The summed E-state index contributed by atoms with van der Waals surface area (Å²) in [6.07, 6.45) is 7.91. The average molecular weight is 745 g/mol. The monoisotopic (exact) mass is 744 g/mol. The molecule has 0 spiro atoms. The summed E-state index contributed by atoms with van der Waals surface area (Å²) in [6, 6.07) is 67.5. The molecule has 1 aliphatic rings. The fraction of sp³-hybridized carbons (Fsp3) is 0.236. The minimum Gasteiger partial charge on any atom is -0.311 e. The molecule has 7 aromatic carbocycles. The largest absolute Gasteiger partial charge is 0.311 e. The van der Waals surface area contributed by atoms with Gasteiger partial charge in [0.15, 0.2) is 0 Å². The molecule has 0 amide bonds. The van der Waals surface area contributed by atoms with Crippen molar-refractivity contribution < 1.29 is 0 Å². The molecule has 0 saturated carbocycles. The van der Waals surface area contributed by atoms with Crippen LogP contribution in [0.5, 0.6) is 0 Å². The van der Waals surface area contributed by atoms with Crippen LogP contribution in [-0.4, -0.2) is 0 Å². The van der Waals surface area contributed by atoms with E-state index in [1.165, 1.54) is 69.7 Å². The van der Waals surface area contributed by atoms with Crippen molar-refractivity contribution in [1.29, 1.82) is 0 Å². The van der Waals surface area contributed by atoms with Crippen molar-refractivity contribution >= 4 is 34.1 Å². The van der Waals surface area contributed by atoms with Gasteiger partial charge in [-0.2, -0.15) is 0 Å². The summed E-state index contributed by atoms with van der Waals surface area (Å²) in [4.78, 5) is 4.84. The topological polar surface area (TPSA) is 6.48 Å². The molecule has 57 heavy (non-hydrogen) atoms. The Morgan fingerprint density at radius 1 is 0.421 bits per heavy atom. The molecule has 0 heterocycles. The smallest absolute Gasteiger partial charge is 0.0543 e. The first-order valence-corrected chi connectivity index (χ1v) is 21.3. The van der Waals surface area contributed by atoms with Crippen molar-refractivity contribution in [2.45, 2.75) is 83.5 Å². The summed E-state index contributed by atoms with van der Waals surface area (Å²) in [7, 11) is 0. The Hall–Kier alpha value is -5.86. The molecule has 0 aliphatic heterocycles. The lowest BCUT2D eigenvalue weighted by Crippen LogP contribution is -2.27. The van der Waals surface area contributed by atoms with Gasteiger partial charge in [0.25, 0.3) is 0 Å². The molecule has 8 rings (SSSR count). The normalized spacial score (nSPS) is 13.7. The number of unbranched alkanes of at least 4 members (excludes halogenated alkanes) is 2. The zero-order valence-corrected chi connectivity index (χ0v) is 34.2. The maximum atomic E-state index is 2.49. The lowest BCUT2D eigenvalue weighted by molar-refractivity contribution is 0.431. The first-order valence-electron chi connectivity index (χ1n) is 21.3. The highest BCUT2D eigenvalue weighted by Crippen LogP contribution is 2.57. The Kier molecular flexibility index (Phi) is 11.1. The maximum absolute atomic E-state index is 2.49. The summed E-state index contributed by atoms with van der Waals surface area (Å²) < 4.78 is 0. The molecule has 286 valence electrons. The van der Waals surface area contributed by atoms with Gasteiger partial charge in [0.1, 0.15) is 0 Å². The highest BCUT2D eigenvalue weighted by atomic mass is 15.1. The first-order chi connectivity index (χ1) is 28.1. The summed E-state index contributed by atoms with van der Waals surface area (Å²) in [5.74, 6) is 0. The minimum absolute atomic E-state index is 0.0160. The van der Waals surface area contributed by atoms with Gasteiger partial charge in [0.2, 0.25) is 0 Å². The number of nitrogens with zero attached hydrogens (tertiary/aromatic N) is 2. The SMILES string of the molecule is CCCCCC(CC)(c1ccc(N(c2ccccc2)c2ccccc2)cc1)c1ccc(N(c2ccccc2)c2cccc3c2-c2ccccc2C3(CC)CC)cc1. The van der Waals surface area contributed by atoms with E-state index in [9.17, 15) is 0 Å². The van der Waals surface area contributed by atoms with E-state index in [2.05, 4.69) is 219 Å². The van der Waals surface area contributed by atoms with Gasteiger partial charge in [0, 0.05) is 44.8 Å². The Morgan fingerprint density at radius 3 is 1.39 bits per heavy atom. The fourth-order valence-electron chi connectivity index (χ4n) is 9.87. The third-order valence-corrected chi connectivity index (χ3v) is 12.9. The molecule has 0 saturated heterocycles. The van der Waals surface area contributed by atoms with Gasteiger partial charge < -0.3 is 9.80 Å². The lowest BCUT2D eigenvalue weighted by atomic mass is 9.69. The number of fused-ring (bicyclic) bond motifs is 3. The van der Waals surface area contributed by atoms with Gasteiger partial charge in [0.05, 0.1) is 5.69 Å². The predicted octanol–water partition coefficient (Wildman–Crippen LogP) is 16.0. The molecule has 2 nitrogen and oxygen atoms in total. The van der Waals surface area contributed by atoms with Gasteiger partial charge in [-0.3, -0.25) is 0 Å². The second kappa shape index (κ2) is 16.7. The number of benzene rings is 7. The molecule has 0 N–H and O–H groups in total. The molecular weight excluding hydrogens is 689 g/mol. The van der Waals surface area contributed by atoms with E-state index in [0.29, 0.717) is 0 Å². The molecule has 7 aromatic rings. The second-order valence-corrected chi connectivity index (χ2v) is 15.7. The molecule has 0 radical (unpaired) electrons. The number of hydrogen-bond donors (Lipinski definition) is 0. The van der Waals surface area contributed by atoms with E-state index in [-0.39, 0.29) is 10.8 Å². The number of rotatable bonds is 15. The number of anilines is 6. The molecule has 0 bridgehead atoms. The summed E-state index contributed by atoms with van der Waals surface area (Å²) in [5, 5.41) is 0. The van der Waals surface area contributed by atoms with Crippen LogP contribution in [0.25, 0.3) is 11.1 Å². The van der Waals surface area contributed by atoms with Gasteiger partial charge in [-0.15, -0.1) is 0 Å². The molecule has 2 heteroatoms. The summed E-state index contributed by atoms with van der Waals surface area (Å²) in [5.41, 5.74) is 15.4. The van der Waals surface area contributed by atoms with Crippen molar-refractivity contribution in [2.24, 2.45) is 0 Å². The quantitative estimate of drug-likeness (QED) is 0.0965. The van der Waals surface area contributed by atoms with Gasteiger partial charge >= 0.3 is 0 Å². The fourth-order valence-corrected chi connectivity index (χ4v) is 9.87. The molecule has 0 fully saturated rings. The van der Waals surface area contributed by atoms with E-state index in [0.717, 1.165) is 42.7 Å². The van der Waals surface area contributed by atoms with Crippen LogP contribution in [0, 0.1) is 0 Å². The van der Waals surface area contributed by atoms with Crippen molar-refractivity contribution in [2.75, 3.05) is 9.80 Å². The highest BCUT2D eigenvalue weighted by Gasteiger charge is 2.42. The van der Waals surface area contributed by atoms with Crippen molar-refractivity contribution in [3.8, 4) is 11.1 Å². The molecule has 0 aromatic heterocycles. The van der Waals surface area contributed by atoms with E-state index in [4.69, 9.17) is 0 Å². The third-order valence-electron chi connectivity index (χ3n) is 12.9. The standard InChI is InChI=1S/C55H56N2/c1-5-9-21-41-55(8-4,42-33-37-47(38-34-42)56(44-23-13-10-14-24-44)45-25-15-11-16-26-45)43-35-39-48(40-36-43)57(46-27-17-12-18-28-46)52-32-22-31-51-53(52)49-29-19-20-30-50(49)54(51,6-2)7-3/h10-20,22-40H,5-9,21,41H2,1-4H3. The number of para-hydroxylation sites is 3. The van der Waals surface area contributed by atoms with E-state index in [1.54, 1.807) is 0 Å². The lowest BCUT2D eigenvalue weighted by Gasteiger charge is -2.36. The van der Waals surface area contributed by atoms with Crippen LogP contribution in [0.1, 0.15) is 94.9 Å². The van der Waals surface area contributed by atoms with E-state index < -0.39 is 0 Å². The van der Waals surface area contributed by atoms with Crippen LogP contribution in [0.3, 0.4) is 0 Å². The van der Waals surface area contributed by atoms with Crippen LogP contribution in [0.4, 0.5) is 34.1 Å². The molecular formula is C55H56N2. The molecule has 1 atom stereocenters. The minimum atomic E-state index is -0.108. The Labute approximate surface area is 341 Å². The molecule has 1 aliphatic carbocycles. The van der Waals surface area contributed by atoms with Crippen molar-refractivity contribution in [3.63, 3.8) is 0 Å². The predicted molar refractivity (Wildman–Crippen MR) is 244 cm³/mol. The van der Waals surface area contributed by atoms with Gasteiger partial charge in [-0.25, -0.2) is 0 Å². The Bertz CT molecular complexity index is 2320. The van der Waals surface area contributed by atoms with E-state index in [1.807, 2.05) is 0 Å². The third kappa shape index (κ3) is 6.86. The van der Waals surface area contributed by atoms with Crippen LogP contribution in [-0.2, 0) is 10.8 Å². The Morgan fingerprint density at radius 2 is 0.877 bits per heavy atom. The van der Waals surface area contributed by atoms with Crippen LogP contribution < -0.4 is 9.80 Å². The molecule has 1 unspecified atom stereocenters. The zero-order chi connectivity index (χ0) is 39.2. The van der Waals surface area contributed by atoms with Crippen molar-refractivity contribution in [3.05, 3.63) is 204 Å². The second-order valence-electron chi connectivity index (χ2n) is 15.7. The highest BCUT2D eigenvalue weighted by molar-refractivity contribution is 5.95. The average Bonchev–Trinajstić information content (AvgIpc) is 3.58.